The average molecular weight is 331 g/mol. The molecule has 0 aliphatic carbocycles. The second-order valence-electron chi connectivity index (χ2n) is 5.37. The SMILES string of the molecule is CCSc1ccccc1C(C)NC(CO)c1cccc(OC)c1. The van der Waals surface area contributed by atoms with E-state index in [1.165, 1.54) is 10.5 Å². The van der Waals surface area contributed by atoms with Gasteiger partial charge in [-0.05, 0) is 42.0 Å². The van der Waals surface area contributed by atoms with Crippen molar-refractivity contribution in [1.82, 2.24) is 5.32 Å². The van der Waals surface area contributed by atoms with Crippen molar-refractivity contribution in [3.8, 4) is 5.75 Å². The summed E-state index contributed by atoms with van der Waals surface area (Å²) < 4.78 is 5.28. The summed E-state index contributed by atoms with van der Waals surface area (Å²) in [5, 5.41) is 13.3. The highest BCUT2D eigenvalue weighted by atomic mass is 32.2. The van der Waals surface area contributed by atoms with E-state index in [1.54, 1.807) is 7.11 Å². The molecular weight excluding hydrogens is 306 g/mol. The molecule has 0 aliphatic heterocycles. The minimum absolute atomic E-state index is 0.0423. The van der Waals surface area contributed by atoms with Crippen LogP contribution in [0.2, 0.25) is 0 Å². The lowest BCUT2D eigenvalue weighted by molar-refractivity contribution is 0.235. The molecule has 0 fully saturated rings. The summed E-state index contributed by atoms with van der Waals surface area (Å²) in [5.41, 5.74) is 2.29. The Kier molecular flexibility index (Phi) is 6.96. The highest BCUT2D eigenvalue weighted by molar-refractivity contribution is 7.99. The molecule has 0 spiro atoms. The molecule has 2 atom stereocenters. The lowest BCUT2D eigenvalue weighted by atomic mass is 10.0. The van der Waals surface area contributed by atoms with Crippen molar-refractivity contribution in [2.24, 2.45) is 0 Å². The largest absolute Gasteiger partial charge is 0.497 e. The van der Waals surface area contributed by atoms with E-state index in [0.29, 0.717) is 0 Å². The van der Waals surface area contributed by atoms with E-state index in [4.69, 9.17) is 4.74 Å². The lowest BCUT2D eigenvalue weighted by Crippen LogP contribution is -2.27. The van der Waals surface area contributed by atoms with Crippen LogP contribution < -0.4 is 10.1 Å². The van der Waals surface area contributed by atoms with Gasteiger partial charge in [-0.3, -0.25) is 0 Å². The van der Waals surface area contributed by atoms with Gasteiger partial charge in [0, 0.05) is 10.9 Å². The van der Waals surface area contributed by atoms with Gasteiger partial charge in [0.05, 0.1) is 19.8 Å². The molecule has 2 aromatic carbocycles. The predicted octanol–water partition coefficient (Wildman–Crippen LogP) is 4.19. The van der Waals surface area contributed by atoms with Gasteiger partial charge in [0.1, 0.15) is 5.75 Å². The quantitative estimate of drug-likeness (QED) is 0.712. The Morgan fingerprint density at radius 3 is 2.65 bits per heavy atom. The van der Waals surface area contributed by atoms with Crippen LogP contribution in [0.1, 0.15) is 37.1 Å². The molecule has 0 saturated carbocycles. The molecule has 2 aromatic rings. The van der Waals surface area contributed by atoms with Crippen molar-refractivity contribution in [2.75, 3.05) is 19.5 Å². The van der Waals surface area contributed by atoms with Crippen molar-refractivity contribution in [1.29, 1.82) is 0 Å². The Bertz CT molecular complexity index is 618. The topological polar surface area (TPSA) is 41.5 Å². The molecule has 0 heterocycles. The maximum Gasteiger partial charge on any atom is 0.119 e. The number of hydrogen-bond donors (Lipinski definition) is 2. The van der Waals surface area contributed by atoms with E-state index in [1.807, 2.05) is 36.0 Å². The zero-order valence-corrected chi connectivity index (χ0v) is 14.8. The third-order valence-electron chi connectivity index (χ3n) is 3.82. The van der Waals surface area contributed by atoms with Crippen LogP contribution in [0.25, 0.3) is 0 Å². The Hall–Kier alpha value is -1.49. The molecule has 0 aliphatic rings. The van der Waals surface area contributed by atoms with E-state index >= 15 is 0 Å². The minimum Gasteiger partial charge on any atom is -0.497 e. The van der Waals surface area contributed by atoms with Gasteiger partial charge in [-0.25, -0.2) is 0 Å². The zero-order valence-electron chi connectivity index (χ0n) is 14.0. The number of aliphatic hydroxyl groups is 1. The Labute approximate surface area is 143 Å². The first-order chi connectivity index (χ1) is 11.2. The van der Waals surface area contributed by atoms with Gasteiger partial charge in [-0.15, -0.1) is 11.8 Å². The minimum atomic E-state index is -0.125. The van der Waals surface area contributed by atoms with Crippen molar-refractivity contribution < 1.29 is 9.84 Å². The molecule has 2 rings (SSSR count). The standard InChI is InChI=1S/C19H25NO2S/c1-4-23-19-11-6-5-10-17(19)14(2)20-18(13-21)15-8-7-9-16(12-15)22-3/h5-12,14,18,20-21H,4,13H2,1-3H3. The fourth-order valence-electron chi connectivity index (χ4n) is 2.63. The van der Waals surface area contributed by atoms with E-state index in [2.05, 4.69) is 43.4 Å². The van der Waals surface area contributed by atoms with Crippen molar-refractivity contribution in [3.05, 3.63) is 59.7 Å². The van der Waals surface area contributed by atoms with Crippen molar-refractivity contribution in [3.63, 3.8) is 0 Å². The summed E-state index contributed by atoms with van der Waals surface area (Å²) in [5.74, 6) is 1.85. The first-order valence-corrected chi connectivity index (χ1v) is 8.90. The van der Waals surface area contributed by atoms with Crippen LogP contribution in [-0.4, -0.2) is 24.6 Å². The molecule has 124 valence electrons. The Morgan fingerprint density at radius 1 is 1.17 bits per heavy atom. The van der Waals surface area contributed by atoms with E-state index in [9.17, 15) is 5.11 Å². The number of benzene rings is 2. The summed E-state index contributed by atoms with van der Waals surface area (Å²) in [7, 11) is 1.65. The van der Waals surface area contributed by atoms with Gasteiger partial charge in [0.15, 0.2) is 0 Å². The Morgan fingerprint density at radius 2 is 1.96 bits per heavy atom. The molecule has 0 saturated heterocycles. The summed E-state index contributed by atoms with van der Waals surface area (Å²) in [6.45, 7) is 4.34. The molecule has 2 unspecified atom stereocenters. The van der Waals surface area contributed by atoms with Gasteiger partial charge in [-0.1, -0.05) is 37.3 Å². The van der Waals surface area contributed by atoms with Crippen LogP contribution in [0.4, 0.5) is 0 Å². The maximum absolute atomic E-state index is 9.80. The molecule has 0 bridgehead atoms. The number of thioether (sulfide) groups is 1. The summed E-state index contributed by atoms with van der Waals surface area (Å²) in [4.78, 5) is 1.29. The highest BCUT2D eigenvalue weighted by Gasteiger charge is 2.17. The number of ether oxygens (including phenoxy) is 1. The molecule has 0 amide bonds. The van der Waals surface area contributed by atoms with E-state index in [0.717, 1.165) is 17.1 Å². The second-order valence-corrected chi connectivity index (χ2v) is 6.68. The first-order valence-electron chi connectivity index (χ1n) is 7.92. The molecule has 0 aromatic heterocycles. The predicted molar refractivity (Wildman–Crippen MR) is 97.2 cm³/mol. The lowest BCUT2D eigenvalue weighted by Gasteiger charge is -2.24. The van der Waals surface area contributed by atoms with Crippen LogP contribution >= 0.6 is 11.8 Å². The molecule has 4 heteroatoms. The fourth-order valence-corrected chi connectivity index (χ4v) is 3.53. The number of methoxy groups -OCH3 is 1. The van der Waals surface area contributed by atoms with Gasteiger partial charge in [0.25, 0.3) is 0 Å². The smallest absolute Gasteiger partial charge is 0.119 e. The molecule has 2 N–H and O–H groups in total. The van der Waals surface area contributed by atoms with Crippen LogP contribution in [-0.2, 0) is 0 Å². The van der Waals surface area contributed by atoms with Crippen LogP contribution in [0, 0.1) is 0 Å². The molecule has 0 radical (unpaired) electrons. The monoisotopic (exact) mass is 331 g/mol. The Balaban J connectivity index is 2.18. The average Bonchev–Trinajstić information content (AvgIpc) is 2.60. The number of aliphatic hydroxyl groups excluding tert-OH is 1. The first kappa shape index (κ1) is 17.9. The number of hydrogen-bond acceptors (Lipinski definition) is 4. The van der Waals surface area contributed by atoms with Crippen molar-refractivity contribution >= 4 is 11.8 Å². The molecule has 3 nitrogen and oxygen atoms in total. The third kappa shape index (κ3) is 4.74. The van der Waals surface area contributed by atoms with Crippen LogP contribution in [0.15, 0.2) is 53.4 Å². The highest BCUT2D eigenvalue weighted by Crippen LogP contribution is 2.29. The normalized spacial score (nSPS) is 13.6. The zero-order chi connectivity index (χ0) is 16.7. The van der Waals surface area contributed by atoms with Crippen LogP contribution in [0.3, 0.4) is 0 Å². The van der Waals surface area contributed by atoms with Crippen LogP contribution in [0.5, 0.6) is 5.75 Å². The van der Waals surface area contributed by atoms with Crippen molar-refractivity contribution in [2.45, 2.75) is 30.8 Å². The summed E-state index contributed by atoms with van der Waals surface area (Å²) in [6, 6.07) is 16.3. The van der Waals surface area contributed by atoms with Gasteiger partial charge < -0.3 is 15.2 Å². The second kappa shape index (κ2) is 8.96. The third-order valence-corrected chi connectivity index (χ3v) is 4.79. The van der Waals surface area contributed by atoms with E-state index < -0.39 is 0 Å². The van der Waals surface area contributed by atoms with Gasteiger partial charge in [0.2, 0.25) is 0 Å². The number of nitrogens with one attached hydrogen (secondary N) is 1. The maximum atomic E-state index is 9.80. The van der Waals surface area contributed by atoms with Gasteiger partial charge in [-0.2, -0.15) is 0 Å². The van der Waals surface area contributed by atoms with Gasteiger partial charge >= 0.3 is 0 Å². The molecular formula is C19H25NO2S. The molecule has 23 heavy (non-hydrogen) atoms. The summed E-state index contributed by atoms with van der Waals surface area (Å²) in [6.07, 6.45) is 0. The van der Waals surface area contributed by atoms with E-state index in [-0.39, 0.29) is 18.7 Å². The number of rotatable bonds is 8. The summed E-state index contributed by atoms with van der Waals surface area (Å²) >= 11 is 1.84. The fraction of sp³-hybridized carbons (Fsp3) is 0.368.